The number of hydrogen-bond acceptors (Lipinski definition) is 2. The first-order valence-corrected chi connectivity index (χ1v) is 5.71. The smallest absolute Gasteiger partial charge is 0.152 e. The van der Waals surface area contributed by atoms with Gasteiger partial charge in [0.2, 0.25) is 0 Å². The van der Waals surface area contributed by atoms with Crippen LogP contribution in [0.3, 0.4) is 0 Å². The van der Waals surface area contributed by atoms with Crippen molar-refractivity contribution < 1.29 is 4.79 Å². The highest BCUT2D eigenvalue weighted by molar-refractivity contribution is 6.04. The second-order valence-electron chi connectivity index (χ2n) is 4.20. The van der Waals surface area contributed by atoms with Gasteiger partial charge in [0.05, 0.1) is 5.69 Å². The van der Waals surface area contributed by atoms with Crippen molar-refractivity contribution in [3.8, 4) is 11.3 Å². The van der Waals surface area contributed by atoms with Crippen molar-refractivity contribution >= 4 is 22.9 Å². The van der Waals surface area contributed by atoms with Crippen LogP contribution in [0, 0.1) is 0 Å². The fourth-order valence-corrected chi connectivity index (χ4v) is 2.21. The minimum atomic E-state index is 0.677. The summed E-state index contributed by atoms with van der Waals surface area (Å²) in [6.07, 6.45) is 0.886. The molecular weight excluding hydrogens is 224 g/mol. The number of hydrogen-bond donors (Lipinski definition) is 2. The predicted octanol–water partition coefficient (Wildman–Crippen LogP) is 3.23. The number of nitrogens with two attached hydrogens (primary N) is 1. The molecule has 18 heavy (non-hydrogen) atoms. The van der Waals surface area contributed by atoms with Crippen LogP contribution in [0.2, 0.25) is 0 Å². The second kappa shape index (κ2) is 4.04. The minimum Gasteiger partial charge on any atom is -0.399 e. The summed E-state index contributed by atoms with van der Waals surface area (Å²) in [6.45, 7) is 0. The first kappa shape index (κ1) is 10.6. The SMILES string of the molecule is Nc1cccc(-c2[nH]c3ccccc3c2C=O)c1. The third-order valence-electron chi connectivity index (χ3n) is 3.04. The van der Waals surface area contributed by atoms with Crippen LogP contribution < -0.4 is 5.73 Å². The summed E-state index contributed by atoms with van der Waals surface area (Å²) >= 11 is 0. The summed E-state index contributed by atoms with van der Waals surface area (Å²) in [5, 5.41) is 0.935. The Kier molecular flexibility index (Phi) is 2.38. The molecule has 0 aliphatic carbocycles. The average Bonchev–Trinajstić information content (AvgIpc) is 2.77. The van der Waals surface area contributed by atoms with Crippen molar-refractivity contribution in [2.75, 3.05) is 5.73 Å². The molecule has 0 amide bonds. The van der Waals surface area contributed by atoms with Gasteiger partial charge in [-0.3, -0.25) is 4.79 Å². The number of carbonyl (C=O) groups is 1. The standard InChI is InChI=1S/C15H12N2O/c16-11-5-3-4-10(8-11)15-13(9-18)12-6-1-2-7-14(12)17-15/h1-9,17H,16H2. The zero-order valence-corrected chi connectivity index (χ0v) is 9.68. The molecule has 0 saturated carbocycles. The van der Waals surface area contributed by atoms with Crippen LogP contribution in [0.1, 0.15) is 10.4 Å². The summed E-state index contributed by atoms with van der Waals surface area (Å²) in [5.41, 5.74) is 9.84. The summed E-state index contributed by atoms with van der Waals surface area (Å²) in [4.78, 5) is 14.6. The summed E-state index contributed by atoms with van der Waals surface area (Å²) in [5.74, 6) is 0. The Morgan fingerprint density at radius 1 is 1.06 bits per heavy atom. The van der Waals surface area contributed by atoms with Crippen LogP contribution in [0.25, 0.3) is 22.2 Å². The largest absolute Gasteiger partial charge is 0.399 e. The van der Waals surface area contributed by atoms with Gasteiger partial charge in [-0.25, -0.2) is 0 Å². The van der Waals surface area contributed by atoms with E-state index in [2.05, 4.69) is 4.98 Å². The maximum Gasteiger partial charge on any atom is 0.152 e. The molecule has 0 unspecified atom stereocenters. The van der Waals surface area contributed by atoms with Gasteiger partial charge in [-0.05, 0) is 18.2 Å². The fraction of sp³-hybridized carbons (Fsp3) is 0. The lowest BCUT2D eigenvalue weighted by Crippen LogP contribution is -1.88. The zero-order valence-electron chi connectivity index (χ0n) is 9.68. The monoisotopic (exact) mass is 236 g/mol. The Morgan fingerprint density at radius 3 is 2.67 bits per heavy atom. The molecule has 0 spiro atoms. The highest BCUT2D eigenvalue weighted by atomic mass is 16.1. The van der Waals surface area contributed by atoms with Crippen molar-refractivity contribution in [3.63, 3.8) is 0 Å². The van der Waals surface area contributed by atoms with Gasteiger partial charge in [0.1, 0.15) is 0 Å². The first-order chi connectivity index (χ1) is 8.79. The molecule has 88 valence electrons. The molecule has 1 heterocycles. The topological polar surface area (TPSA) is 58.9 Å². The molecule has 2 aromatic carbocycles. The van der Waals surface area contributed by atoms with Gasteiger partial charge in [0.15, 0.2) is 6.29 Å². The third-order valence-corrected chi connectivity index (χ3v) is 3.04. The molecule has 3 aromatic rings. The number of aromatic amines is 1. The second-order valence-corrected chi connectivity index (χ2v) is 4.20. The van der Waals surface area contributed by atoms with Crippen molar-refractivity contribution in [1.82, 2.24) is 4.98 Å². The number of aldehydes is 1. The van der Waals surface area contributed by atoms with E-state index in [1.165, 1.54) is 0 Å². The molecule has 3 rings (SSSR count). The number of anilines is 1. The van der Waals surface area contributed by atoms with Crippen molar-refractivity contribution in [2.24, 2.45) is 0 Å². The van der Waals surface area contributed by atoms with Crippen LogP contribution >= 0.6 is 0 Å². The zero-order chi connectivity index (χ0) is 12.5. The number of H-pyrrole nitrogens is 1. The number of nitrogen functional groups attached to an aromatic ring is 1. The Labute approximate surface area is 104 Å². The molecule has 3 nitrogen and oxygen atoms in total. The molecule has 3 N–H and O–H groups in total. The summed E-state index contributed by atoms with van der Waals surface area (Å²) in [6, 6.07) is 15.3. The summed E-state index contributed by atoms with van der Waals surface area (Å²) < 4.78 is 0. The van der Waals surface area contributed by atoms with E-state index in [1.807, 2.05) is 48.5 Å². The number of aromatic nitrogens is 1. The Hall–Kier alpha value is -2.55. The van der Waals surface area contributed by atoms with E-state index in [4.69, 9.17) is 5.73 Å². The van der Waals surface area contributed by atoms with Crippen molar-refractivity contribution in [2.45, 2.75) is 0 Å². The molecule has 3 heteroatoms. The van der Waals surface area contributed by atoms with Crippen LogP contribution in [-0.4, -0.2) is 11.3 Å². The number of nitrogens with one attached hydrogen (secondary N) is 1. The van der Waals surface area contributed by atoms with Crippen molar-refractivity contribution in [3.05, 3.63) is 54.1 Å². The number of para-hydroxylation sites is 1. The van der Waals surface area contributed by atoms with E-state index in [0.717, 1.165) is 28.4 Å². The van der Waals surface area contributed by atoms with Crippen LogP contribution in [0.15, 0.2) is 48.5 Å². The number of fused-ring (bicyclic) bond motifs is 1. The summed E-state index contributed by atoms with van der Waals surface area (Å²) in [7, 11) is 0. The predicted molar refractivity (Wildman–Crippen MR) is 73.5 cm³/mol. The lowest BCUT2D eigenvalue weighted by atomic mass is 10.1. The molecule has 0 aliphatic rings. The molecule has 1 aromatic heterocycles. The van der Waals surface area contributed by atoms with Gasteiger partial charge < -0.3 is 10.7 Å². The van der Waals surface area contributed by atoms with Gasteiger partial charge in [-0.1, -0.05) is 30.3 Å². The number of rotatable bonds is 2. The Morgan fingerprint density at radius 2 is 1.89 bits per heavy atom. The third kappa shape index (κ3) is 1.57. The molecule has 0 fully saturated rings. The van der Waals surface area contributed by atoms with Gasteiger partial charge in [0.25, 0.3) is 0 Å². The maximum absolute atomic E-state index is 11.3. The van der Waals surface area contributed by atoms with E-state index in [-0.39, 0.29) is 0 Å². The fourth-order valence-electron chi connectivity index (χ4n) is 2.21. The lowest BCUT2D eigenvalue weighted by molar-refractivity contribution is 0.112. The highest BCUT2D eigenvalue weighted by Crippen LogP contribution is 2.29. The molecule has 0 saturated heterocycles. The van der Waals surface area contributed by atoms with E-state index >= 15 is 0 Å². The normalized spacial score (nSPS) is 10.7. The van der Waals surface area contributed by atoms with Crippen LogP contribution in [0.4, 0.5) is 5.69 Å². The molecular formula is C15H12N2O. The quantitative estimate of drug-likeness (QED) is 0.530. The van der Waals surface area contributed by atoms with Crippen molar-refractivity contribution in [1.29, 1.82) is 0 Å². The van der Waals surface area contributed by atoms with Gasteiger partial charge in [0, 0.05) is 27.7 Å². The maximum atomic E-state index is 11.3. The highest BCUT2D eigenvalue weighted by Gasteiger charge is 2.11. The number of benzene rings is 2. The molecule has 0 radical (unpaired) electrons. The van der Waals surface area contributed by atoms with Gasteiger partial charge >= 0.3 is 0 Å². The Bertz CT molecular complexity index is 728. The van der Waals surface area contributed by atoms with Crippen LogP contribution in [-0.2, 0) is 0 Å². The molecule has 0 bridgehead atoms. The average molecular weight is 236 g/mol. The molecule has 0 atom stereocenters. The lowest BCUT2D eigenvalue weighted by Gasteiger charge is -2.01. The van der Waals surface area contributed by atoms with E-state index < -0.39 is 0 Å². The van der Waals surface area contributed by atoms with E-state index in [9.17, 15) is 4.79 Å². The van der Waals surface area contributed by atoms with Gasteiger partial charge in [-0.2, -0.15) is 0 Å². The van der Waals surface area contributed by atoms with E-state index in [0.29, 0.717) is 11.3 Å². The molecule has 0 aliphatic heterocycles. The van der Waals surface area contributed by atoms with Crippen LogP contribution in [0.5, 0.6) is 0 Å². The Balaban J connectivity index is 2.32. The minimum absolute atomic E-state index is 0.677. The van der Waals surface area contributed by atoms with E-state index in [1.54, 1.807) is 0 Å². The number of carbonyl (C=O) groups excluding carboxylic acids is 1. The van der Waals surface area contributed by atoms with Gasteiger partial charge in [-0.15, -0.1) is 0 Å². The first-order valence-electron chi connectivity index (χ1n) is 5.71.